The van der Waals surface area contributed by atoms with Crippen LogP contribution in [-0.2, 0) is 0 Å². The number of anilines is 2. The summed E-state index contributed by atoms with van der Waals surface area (Å²) in [6, 6.07) is 9.40. The fraction of sp³-hybridized carbons (Fsp3) is 0.316. The summed E-state index contributed by atoms with van der Waals surface area (Å²) >= 11 is 12.0. The molecule has 142 valence electrons. The van der Waals surface area contributed by atoms with Crippen LogP contribution in [0.2, 0.25) is 10.0 Å². The molecule has 1 fully saturated rings. The van der Waals surface area contributed by atoms with Crippen molar-refractivity contribution in [3.05, 3.63) is 62.1 Å². The average Bonchev–Trinajstić information content (AvgIpc) is 2.65. The van der Waals surface area contributed by atoms with E-state index in [0.717, 1.165) is 25.7 Å². The number of nitrogens with zero attached hydrogens (tertiary/aromatic N) is 1. The van der Waals surface area contributed by atoms with Gasteiger partial charge in [-0.25, -0.2) is 0 Å². The summed E-state index contributed by atoms with van der Waals surface area (Å²) in [5.41, 5.74) is 0.994. The fourth-order valence-corrected chi connectivity index (χ4v) is 3.52. The topological polar surface area (TPSA) is 84.3 Å². The molecule has 8 heteroatoms. The Labute approximate surface area is 167 Å². The second-order valence-electron chi connectivity index (χ2n) is 6.55. The molecule has 0 spiro atoms. The van der Waals surface area contributed by atoms with Crippen LogP contribution < -0.4 is 10.6 Å². The Morgan fingerprint density at radius 3 is 2.33 bits per heavy atom. The van der Waals surface area contributed by atoms with Crippen molar-refractivity contribution in [2.45, 2.75) is 38.1 Å². The van der Waals surface area contributed by atoms with E-state index in [1.54, 1.807) is 24.3 Å². The first kappa shape index (κ1) is 19.5. The van der Waals surface area contributed by atoms with Crippen LogP contribution >= 0.6 is 23.2 Å². The Hall–Kier alpha value is -2.31. The second-order valence-corrected chi connectivity index (χ2v) is 7.39. The van der Waals surface area contributed by atoms with E-state index in [0.29, 0.717) is 22.0 Å². The quantitative estimate of drug-likeness (QED) is 0.477. The van der Waals surface area contributed by atoms with Gasteiger partial charge in [0.25, 0.3) is 11.6 Å². The summed E-state index contributed by atoms with van der Waals surface area (Å²) in [7, 11) is 0. The first-order valence-electron chi connectivity index (χ1n) is 8.75. The molecular weight excluding hydrogens is 389 g/mol. The number of halogens is 2. The molecule has 2 N–H and O–H groups in total. The predicted octanol–water partition coefficient (Wildman–Crippen LogP) is 5.90. The number of hydrogen-bond acceptors (Lipinski definition) is 4. The second kappa shape index (κ2) is 8.59. The zero-order chi connectivity index (χ0) is 19.4. The first-order chi connectivity index (χ1) is 12.9. The highest BCUT2D eigenvalue weighted by molar-refractivity contribution is 6.34. The largest absolute Gasteiger partial charge is 0.377 e. The van der Waals surface area contributed by atoms with E-state index < -0.39 is 4.92 Å². The molecule has 3 rings (SSSR count). The van der Waals surface area contributed by atoms with Gasteiger partial charge < -0.3 is 10.6 Å². The Balaban J connectivity index is 1.85. The molecule has 0 saturated heterocycles. The van der Waals surface area contributed by atoms with Crippen molar-refractivity contribution in [3.63, 3.8) is 0 Å². The third kappa shape index (κ3) is 4.90. The van der Waals surface area contributed by atoms with Crippen molar-refractivity contribution in [1.29, 1.82) is 0 Å². The van der Waals surface area contributed by atoms with Gasteiger partial charge in [-0.15, -0.1) is 0 Å². The molecule has 2 aromatic rings. The van der Waals surface area contributed by atoms with E-state index in [2.05, 4.69) is 10.6 Å². The molecule has 0 aliphatic heterocycles. The lowest BCUT2D eigenvalue weighted by Gasteiger charge is -2.24. The molecular formula is C19H19Cl2N3O3. The van der Waals surface area contributed by atoms with Gasteiger partial charge >= 0.3 is 0 Å². The van der Waals surface area contributed by atoms with Gasteiger partial charge in [-0.1, -0.05) is 42.5 Å². The standard InChI is InChI=1S/C19H19Cl2N3O3/c20-13-8-6-12(7-9-13)19(25)23-16-11-17(18(24(26)27)10-15(16)21)22-14-4-2-1-3-5-14/h6-11,14,22H,1-5H2,(H,23,25). The molecule has 1 aliphatic rings. The van der Waals surface area contributed by atoms with Crippen LogP contribution in [0.5, 0.6) is 0 Å². The van der Waals surface area contributed by atoms with Crippen molar-refractivity contribution in [2.75, 3.05) is 10.6 Å². The van der Waals surface area contributed by atoms with Crippen molar-refractivity contribution in [3.8, 4) is 0 Å². The predicted molar refractivity (Wildman–Crippen MR) is 108 cm³/mol. The normalized spacial score (nSPS) is 14.6. The summed E-state index contributed by atoms with van der Waals surface area (Å²) in [6.45, 7) is 0. The number of carbonyl (C=O) groups excluding carboxylic acids is 1. The van der Waals surface area contributed by atoms with Crippen LogP contribution in [0.15, 0.2) is 36.4 Å². The summed E-state index contributed by atoms with van der Waals surface area (Å²) < 4.78 is 0. The molecule has 27 heavy (non-hydrogen) atoms. The molecule has 0 unspecified atom stereocenters. The maximum atomic E-state index is 12.4. The van der Waals surface area contributed by atoms with Gasteiger partial charge in [0, 0.05) is 22.7 Å². The molecule has 1 saturated carbocycles. The van der Waals surface area contributed by atoms with Gasteiger partial charge in [0.1, 0.15) is 5.69 Å². The minimum absolute atomic E-state index is 0.102. The Kier molecular flexibility index (Phi) is 6.19. The monoisotopic (exact) mass is 407 g/mol. The maximum absolute atomic E-state index is 12.4. The Bertz CT molecular complexity index is 850. The van der Waals surface area contributed by atoms with E-state index in [4.69, 9.17) is 23.2 Å². The number of hydrogen-bond donors (Lipinski definition) is 2. The van der Waals surface area contributed by atoms with Crippen LogP contribution in [0, 0.1) is 10.1 Å². The Morgan fingerprint density at radius 2 is 1.70 bits per heavy atom. The zero-order valence-electron chi connectivity index (χ0n) is 14.5. The highest BCUT2D eigenvalue weighted by Crippen LogP contribution is 2.36. The summed E-state index contributed by atoms with van der Waals surface area (Å²) in [5.74, 6) is -0.369. The number of amides is 1. The van der Waals surface area contributed by atoms with Gasteiger partial charge in [-0.05, 0) is 43.2 Å². The van der Waals surface area contributed by atoms with Gasteiger partial charge in [-0.2, -0.15) is 0 Å². The van der Waals surface area contributed by atoms with Crippen molar-refractivity contribution in [2.24, 2.45) is 0 Å². The highest BCUT2D eigenvalue weighted by atomic mass is 35.5. The molecule has 0 bridgehead atoms. The number of rotatable bonds is 5. The van der Waals surface area contributed by atoms with Crippen molar-refractivity contribution in [1.82, 2.24) is 0 Å². The molecule has 1 amide bonds. The van der Waals surface area contributed by atoms with Gasteiger partial charge in [0.05, 0.1) is 15.6 Å². The summed E-state index contributed by atoms with van der Waals surface area (Å²) in [4.78, 5) is 23.4. The van der Waals surface area contributed by atoms with E-state index in [9.17, 15) is 14.9 Å². The van der Waals surface area contributed by atoms with E-state index in [-0.39, 0.29) is 22.7 Å². The van der Waals surface area contributed by atoms with Gasteiger partial charge in [0.2, 0.25) is 0 Å². The third-order valence-electron chi connectivity index (χ3n) is 4.60. The number of nitro groups is 1. The van der Waals surface area contributed by atoms with E-state index in [1.807, 2.05) is 0 Å². The van der Waals surface area contributed by atoms with Crippen molar-refractivity contribution < 1.29 is 9.72 Å². The van der Waals surface area contributed by atoms with Crippen LogP contribution in [0.3, 0.4) is 0 Å². The smallest absolute Gasteiger partial charge is 0.293 e. The number of nitrogens with one attached hydrogen (secondary N) is 2. The van der Waals surface area contributed by atoms with Crippen LogP contribution in [0.4, 0.5) is 17.1 Å². The van der Waals surface area contributed by atoms with Gasteiger partial charge in [0.15, 0.2) is 0 Å². The van der Waals surface area contributed by atoms with Crippen LogP contribution in [0.1, 0.15) is 42.5 Å². The minimum atomic E-state index is -0.470. The summed E-state index contributed by atoms with van der Waals surface area (Å²) in [5, 5.41) is 18.0. The molecule has 0 heterocycles. The van der Waals surface area contributed by atoms with E-state index >= 15 is 0 Å². The fourth-order valence-electron chi connectivity index (χ4n) is 3.19. The molecule has 0 radical (unpaired) electrons. The lowest BCUT2D eigenvalue weighted by molar-refractivity contribution is -0.384. The zero-order valence-corrected chi connectivity index (χ0v) is 16.0. The first-order valence-corrected chi connectivity index (χ1v) is 9.51. The molecule has 0 aromatic heterocycles. The molecule has 6 nitrogen and oxygen atoms in total. The number of benzene rings is 2. The lowest BCUT2D eigenvalue weighted by Crippen LogP contribution is -2.23. The maximum Gasteiger partial charge on any atom is 0.293 e. The Morgan fingerprint density at radius 1 is 1.04 bits per heavy atom. The van der Waals surface area contributed by atoms with Gasteiger partial charge in [-0.3, -0.25) is 14.9 Å². The number of nitro benzene ring substituents is 1. The molecule has 1 aliphatic carbocycles. The lowest BCUT2D eigenvalue weighted by atomic mass is 9.95. The average molecular weight is 408 g/mol. The van der Waals surface area contributed by atoms with Crippen LogP contribution in [-0.4, -0.2) is 16.9 Å². The van der Waals surface area contributed by atoms with Crippen molar-refractivity contribution >= 4 is 46.2 Å². The van der Waals surface area contributed by atoms with E-state index in [1.165, 1.54) is 18.6 Å². The summed E-state index contributed by atoms with van der Waals surface area (Å²) in [6.07, 6.45) is 5.31. The number of carbonyl (C=O) groups is 1. The molecule has 2 aromatic carbocycles. The molecule has 0 atom stereocenters. The SMILES string of the molecule is O=C(Nc1cc(NC2CCCCC2)c([N+](=O)[O-])cc1Cl)c1ccc(Cl)cc1. The highest BCUT2D eigenvalue weighted by Gasteiger charge is 2.22. The van der Waals surface area contributed by atoms with Crippen LogP contribution in [0.25, 0.3) is 0 Å². The third-order valence-corrected chi connectivity index (χ3v) is 5.17. The minimum Gasteiger partial charge on any atom is -0.377 e.